The van der Waals surface area contributed by atoms with E-state index in [0.29, 0.717) is 25.0 Å². The van der Waals surface area contributed by atoms with Crippen molar-refractivity contribution in [2.45, 2.75) is 25.6 Å². The van der Waals surface area contributed by atoms with Gasteiger partial charge in [0.2, 0.25) is 0 Å². The van der Waals surface area contributed by atoms with Gasteiger partial charge in [-0.25, -0.2) is 4.79 Å². The molecular weight excluding hydrogens is 220 g/mol. The maximum Gasteiger partial charge on any atom is 0.366 e. The second-order valence-electron chi connectivity index (χ2n) is 3.76. The maximum atomic E-state index is 11.3. The van der Waals surface area contributed by atoms with Gasteiger partial charge in [0, 0.05) is 18.7 Å². The third kappa shape index (κ3) is 3.33. The molecule has 0 aliphatic carbocycles. The highest BCUT2D eigenvalue weighted by atomic mass is 35.5. The first kappa shape index (κ1) is 12.7. The van der Waals surface area contributed by atoms with Gasteiger partial charge in [-0.15, -0.1) is 11.6 Å². The van der Waals surface area contributed by atoms with Crippen molar-refractivity contribution in [2.24, 2.45) is 5.92 Å². The number of carbonyl (C=O) groups excluding carboxylic acids is 1. The van der Waals surface area contributed by atoms with Crippen molar-refractivity contribution >= 4 is 17.6 Å². The first-order chi connectivity index (χ1) is 7.12. The van der Waals surface area contributed by atoms with Crippen molar-refractivity contribution in [3.8, 4) is 0 Å². The van der Waals surface area contributed by atoms with Gasteiger partial charge < -0.3 is 14.2 Å². The van der Waals surface area contributed by atoms with Crippen molar-refractivity contribution in [1.29, 1.82) is 0 Å². The van der Waals surface area contributed by atoms with Gasteiger partial charge in [0.1, 0.15) is 0 Å². The number of ether oxygens (including phenoxy) is 3. The van der Waals surface area contributed by atoms with Crippen molar-refractivity contribution < 1.29 is 19.0 Å². The molecule has 0 unspecified atom stereocenters. The Hall–Kier alpha value is -0.320. The molecule has 1 rings (SSSR count). The van der Waals surface area contributed by atoms with Gasteiger partial charge in [-0.1, -0.05) is 0 Å². The van der Waals surface area contributed by atoms with Crippen LogP contribution in [0.1, 0.15) is 19.8 Å². The molecule has 1 fully saturated rings. The third-order valence-corrected chi connectivity index (χ3v) is 2.76. The molecule has 0 amide bonds. The van der Waals surface area contributed by atoms with Crippen LogP contribution >= 0.6 is 11.6 Å². The van der Waals surface area contributed by atoms with E-state index in [0.717, 1.165) is 12.8 Å². The zero-order valence-electron chi connectivity index (χ0n) is 9.12. The summed E-state index contributed by atoms with van der Waals surface area (Å²) in [5.74, 6) is -0.753. The number of rotatable bonds is 4. The standard InChI is InChI=1S/C10H17ClO4/c1-10(9(12)13-2)14-6-8(7-15-10)4-3-5-11/h8H,3-7H2,1-2H3. The van der Waals surface area contributed by atoms with Gasteiger partial charge in [-0.3, -0.25) is 0 Å². The molecule has 4 nitrogen and oxygen atoms in total. The molecule has 0 saturated carbocycles. The van der Waals surface area contributed by atoms with Crippen LogP contribution in [0.2, 0.25) is 0 Å². The Balaban J connectivity index is 2.37. The molecule has 0 atom stereocenters. The van der Waals surface area contributed by atoms with Gasteiger partial charge in [0.25, 0.3) is 5.79 Å². The lowest BCUT2D eigenvalue weighted by molar-refractivity contribution is -0.272. The number of alkyl halides is 1. The minimum absolute atomic E-state index is 0.321. The van der Waals surface area contributed by atoms with E-state index in [9.17, 15) is 4.79 Å². The van der Waals surface area contributed by atoms with Gasteiger partial charge in [-0.05, 0) is 12.8 Å². The Morgan fingerprint density at radius 1 is 1.53 bits per heavy atom. The summed E-state index contributed by atoms with van der Waals surface area (Å²) in [6.07, 6.45) is 1.90. The average Bonchev–Trinajstić information content (AvgIpc) is 2.27. The molecule has 5 heteroatoms. The molecule has 1 aliphatic heterocycles. The van der Waals surface area contributed by atoms with Crippen molar-refractivity contribution in [2.75, 3.05) is 26.2 Å². The maximum absolute atomic E-state index is 11.3. The number of halogens is 1. The Bertz CT molecular complexity index is 211. The van der Waals surface area contributed by atoms with Gasteiger partial charge >= 0.3 is 5.97 Å². The monoisotopic (exact) mass is 236 g/mol. The summed E-state index contributed by atoms with van der Waals surface area (Å²) in [7, 11) is 1.32. The summed E-state index contributed by atoms with van der Waals surface area (Å²) in [5.41, 5.74) is 0. The van der Waals surface area contributed by atoms with Crippen LogP contribution in [0.4, 0.5) is 0 Å². The summed E-state index contributed by atoms with van der Waals surface area (Å²) < 4.78 is 15.4. The Morgan fingerprint density at radius 2 is 2.13 bits per heavy atom. The molecule has 0 N–H and O–H groups in total. The van der Waals surface area contributed by atoms with Crippen LogP contribution in [0.15, 0.2) is 0 Å². The first-order valence-corrected chi connectivity index (χ1v) is 5.58. The quantitative estimate of drug-likeness (QED) is 0.549. The van der Waals surface area contributed by atoms with Gasteiger partial charge in [0.05, 0.1) is 20.3 Å². The molecule has 0 bridgehead atoms. The predicted molar refractivity (Wildman–Crippen MR) is 55.8 cm³/mol. The first-order valence-electron chi connectivity index (χ1n) is 5.04. The molecular formula is C10H17ClO4. The highest BCUT2D eigenvalue weighted by Crippen LogP contribution is 2.24. The third-order valence-electron chi connectivity index (χ3n) is 2.49. The molecule has 0 aromatic carbocycles. The number of esters is 1. The Labute approximate surface area is 94.8 Å². The van der Waals surface area contributed by atoms with Crippen LogP contribution < -0.4 is 0 Å². The van der Waals surface area contributed by atoms with Crippen LogP contribution in [0.25, 0.3) is 0 Å². The lowest BCUT2D eigenvalue weighted by atomic mass is 10.0. The second kappa shape index (κ2) is 5.68. The lowest BCUT2D eigenvalue weighted by Gasteiger charge is -2.35. The van der Waals surface area contributed by atoms with Crippen LogP contribution in [-0.2, 0) is 19.0 Å². The highest BCUT2D eigenvalue weighted by Gasteiger charge is 2.41. The zero-order valence-corrected chi connectivity index (χ0v) is 9.88. The van der Waals surface area contributed by atoms with E-state index < -0.39 is 11.8 Å². The molecule has 88 valence electrons. The van der Waals surface area contributed by atoms with E-state index in [4.69, 9.17) is 21.1 Å². The van der Waals surface area contributed by atoms with Crippen molar-refractivity contribution in [1.82, 2.24) is 0 Å². The zero-order chi connectivity index (χ0) is 11.3. The largest absolute Gasteiger partial charge is 0.465 e. The van der Waals surface area contributed by atoms with E-state index in [1.54, 1.807) is 6.92 Å². The minimum Gasteiger partial charge on any atom is -0.465 e. The summed E-state index contributed by atoms with van der Waals surface area (Å²) in [5, 5.41) is 0. The van der Waals surface area contributed by atoms with Gasteiger partial charge in [0.15, 0.2) is 0 Å². The lowest BCUT2D eigenvalue weighted by Crippen LogP contribution is -2.48. The second-order valence-corrected chi connectivity index (χ2v) is 4.13. The topological polar surface area (TPSA) is 44.8 Å². The van der Waals surface area contributed by atoms with E-state index >= 15 is 0 Å². The smallest absolute Gasteiger partial charge is 0.366 e. The molecule has 0 aromatic rings. The van der Waals surface area contributed by atoms with Crippen LogP contribution in [-0.4, -0.2) is 38.0 Å². The summed E-state index contributed by atoms with van der Waals surface area (Å²) in [4.78, 5) is 11.3. The molecule has 0 spiro atoms. The van der Waals surface area contributed by atoms with Crippen molar-refractivity contribution in [3.63, 3.8) is 0 Å². The fourth-order valence-corrected chi connectivity index (χ4v) is 1.63. The Morgan fingerprint density at radius 3 is 2.60 bits per heavy atom. The Kier molecular flexibility index (Phi) is 4.83. The fourth-order valence-electron chi connectivity index (χ4n) is 1.48. The average molecular weight is 237 g/mol. The minimum atomic E-state index is -1.23. The van der Waals surface area contributed by atoms with Crippen LogP contribution in [0.5, 0.6) is 0 Å². The fraction of sp³-hybridized carbons (Fsp3) is 0.900. The number of methoxy groups -OCH3 is 1. The summed E-state index contributed by atoms with van der Waals surface area (Å²) in [6, 6.07) is 0. The molecule has 1 heterocycles. The molecule has 1 aliphatic rings. The normalized spacial score (nSPS) is 31.3. The summed E-state index contributed by atoms with van der Waals surface area (Å²) >= 11 is 5.59. The van der Waals surface area contributed by atoms with Crippen LogP contribution in [0.3, 0.4) is 0 Å². The van der Waals surface area contributed by atoms with Crippen molar-refractivity contribution in [3.05, 3.63) is 0 Å². The van der Waals surface area contributed by atoms with E-state index in [-0.39, 0.29) is 0 Å². The molecule has 0 aromatic heterocycles. The molecule has 0 radical (unpaired) electrons. The van der Waals surface area contributed by atoms with Gasteiger partial charge in [-0.2, -0.15) is 0 Å². The van der Waals surface area contributed by atoms with E-state index in [2.05, 4.69) is 4.74 Å². The van der Waals surface area contributed by atoms with E-state index in [1.807, 2.05) is 0 Å². The summed E-state index contributed by atoms with van der Waals surface area (Å²) in [6.45, 7) is 2.61. The van der Waals surface area contributed by atoms with Crippen LogP contribution in [0, 0.1) is 5.92 Å². The molecule has 15 heavy (non-hydrogen) atoms. The van der Waals surface area contributed by atoms with E-state index in [1.165, 1.54) is 7.11 Å². The predicted octanol–water partition coefficient (Wildman–Crippen LogP) is 1.56. The SMILES string of the molecule is COC(=O)C1(C)OCC(CCCCl)CO1. The highest BCUT2D eigenvalue weighted by molar-refractivity contribution is 6.17. The number of carbonyl (C=O) groups is 1. The number of hydrogen-bond acceptors (Lipinski definition) is 4. The number of hydrogen-bond donors (Lipinski definition) is 0. The molecule has 1 saturated heterocycles.